The lowest BCUT2D eigenvalue weighted by Gasteiger charge is -2.53. The van der Waals surface area contributed by atoms with Crippen LogP contribution in [0.2, 0.25) is 0 Å². The summed E-state index contributed by atoms with van der Waals surface area (Å²) >= 11 is 0. The highest BCUT2D eigenvalue weighted by Gasteiger charge is 2.48. The molecular formula is C23H38O4. The molecule has 3 unspecified atom stereocenters. The average molecular weight is 379 g/mol. The SMILES string of the molecule is C=C1CCCC2[C@@H](CCC3(C)CCC([C@@H](C)C(=O)O)OO3)[C@H](C)CC[C@@]12C. The molecule has 1 N–H and O–H groups in total. The Labute approximate surface area is 164 Å². The highest BCUT2D eigenvalue weighted by Crippen LogP contribution is 2.57. The molecule has 1 heterocycles. The first-order valence-corrected chi connectivity index (χ1v) is 10.9. The zero-order valence-corrected chi connectivity index (χ0v) is 17.6. The number of carbonyl (C=O) groups is 1. The highest BCUT2D eigenvalue weighted by molar-refractivity contribution is 5.70. The third kappa shape index (κ3) is 4.12. The van der Waals surface area contributed by atoms with Crippen LogP contribution in [-0.4, -0.2) is 22.8 Å². The monoisotopic (exact) mass is 378 g/mol. The van der Waals surface area contributed by atoms with E-state index < -0.39 is 11.9 Å². The first-order valence-electron chi connectivity index (χ1n) is 10.9. The third-order valence-corrected chi connectivity index (χ3v) is 8.27. The summed E-state index contributed by atoms with van der Waals surface area (Å²) in [5.74, 6) is 0.871. The van der Waals surface area contributed by atoms with Gasteiger partial charge in [-0.05, 0) is 94.8 Å². The standard InChI is InChI=1S/C23H38O4/c1-15-9-14-23(5)16(2)7-6-8-19(23)18(15)10-12-22(4)13-11-20(26-27-22)17(3)21(24)25/h15,17-20H,2,6-14H2,1,3-5H3,(H,24,25)/t15-,17-,18+,19?,20?,22?,23+/m1/s1. The van der Waals surface area contributed by atoms with Crippen LogP contribution in [0.4, 0.5) is 0 Å². The molecule has 154 valence electrons. The van der Waals surface area contributed by atoms with Crippen LogP contribution >= 0.6 is 0 Å². The maximum atomic E-state index is 11.2. The van der Waals surface area contributed by atoms with Gasteiger partial charge in [0.1, 0.15) is 11.7 Å². The summed E-state index contributed by atoms with van der Waals surface area (Å²) in [5, 5.41) is 9.18. The van der Waals surface area contributed by atoms with Crippen molar-refractivity contribution in [1.29, 1.82) is 0 Å². The first-order chi connectivity index (χ1) is 12.7. The molecule has 0 radical (unpaired) electrons. The van der Waals surface area contributed by atoms with Gasteiger partial charge in [0.2, 0.25) is 0 Å². The maximum absolute atomic E-state index is 11.2. The Morgan fingerprint density at radius 3 is 2.67 bits per heavy atom. The van der Waals surface area contributed by atoms with E-state index >= 15 is 0 Å². The maximum Gasteiger partial charge on any atom is 0.308 e. The number of aliphatic carboxylic acids is 1. The Hall–Kier alpha value is -0.870. The lowest BCUT2D eigenvalue weighted by atomic mass is 9.52. The predicted molar refractivity (Wildman–Crippen MR) is 106 cm³/mol. The minimum atomic E-state index is -0.819. The van der Waals surface area contributed by atoms with E-state index in [0.29, 0.717) is 5.41 Å². The smallest absolute Gasteiger partial charge is 0.308 e. The molecule has 3 rings (SSSR count). The molecule has 4 nitrogen and oxygen atoms in total. The van der Waals surface area contributed by atoms with E-state index in [9.17, 15) is 9.90 Å². The molecule has 0 amide bonds. The van der Waals surface area contributed by atoms with Gasteiger partial charge in [0.25, 0.3) is 0 Å². The van der Waals surface area contributed by atoms with Crippen LogP contribution < -0.4 is 0 Å². The Morgan fingerprint density at radius 2 is 2.04 bits per heavy atom. The van der Waals surface area contributed by atoms with Crippen LogP contribution in [0.3, 0.4) is 0 Å². The van der Waals surface area contributed by atoms with E-state index in [0.717, 1.165) is 43.4 Å². The summed E-state index contributed by atoms with van der Waals surface area (Å²) in [5.41, 5.74) is 1.50. The molecule has 0 aromatic carbocycles. The lowest BCUT2D eigenvalue weighted by Crippen LogP contribution is -2.45. The molecule has 0 bridgehead atoms. The van der Waals surface area contributed by atoms with Crippen LogP contribution in [0.5, 0.6) is 0 Å². The summed E-state index contributed by atoms with van der Waals surface area (Å²) in [6.45, 7) is 13.1. The number of hydrogen-bond donors (Lipinski definition) is 1. The molecule has 0 aromatic heterocycles. The summed E-state index contributed by atoms with van der Waals surface area (Å²) < 4.78 is 0. The van der Waals surface area contributed by atoms with Crippen molar-refractivity contribution in [3.05, 3.63) is 12.2 Å². The van der Waals surface area contributed by atoms with E-state index in [1.165, 1.54) is 37.7 Å². The third-order valence-electron chi connectivity index (χ3n) is 8.27. The van der Waals surface area contributed by atoms with E-state index in [1.54, 1.807) is 6.92 Å². The molecule has 4 heteroatoms. The molecule has 27 heavy (non-hydrogen) atoms. The minimum Gasteiger partial charge on any atom is -0.481 e. The Balaban J connectivity index is 1.60. The minimum absolute atomic E-state index is 0.298. The van der Waals surface area contributed by atoms with Crippen molar-refractivity contribution < 1.29 is 19.7 Å². The van der Waals surface area contributed by atoms with Gasteiger partial charge in [0, 0.05) is 0 Å². The van der Waals surface area contributed by atoms with Crippen molar-refractivity contribution in [2.45, 2.75) is 97.2 Å². The van der Waals surface area contributed by atoms with Gasteiger partial charge in [0.15, 0.2) is 0 Å². The van der Waals surface area contributed by atoms with Gasteiger partial charge in [0.05, 0.1) is 5.92 Å². The van der Waals surface area contributed by atoms with Crippen LogP contribution in [-0.2, 0) is 14.6 Å². The van der Waals surface area contributed by atoms with E-state index in [1.807, 2.05) is 0 Å². The second-order valence-corrected chi connectivity index (χ2v) is 10.1. The number of rotatable bonds is 5. The Morgan fingerprint density at radius 1 is 1.30 bits per heavy atom. The molecule has 3 aliphatic rings. The lowest BCUT2D eigenvalue weighted by molar-refractivity contribution is -0.411. The van der Waals surface area contributed by atoms with Crippen molar-refractivity contribution in [2.24, 2.45) is 29.1 Å². The van der Waals surface area contributed by atoms with Crippen LogP contribution in [0, 0.1) is 29.1 Å². The topological polar surface area (TPSA) is 55.8 Å². The number of fused-ring (bicyclic) bond motifs is 1. The average Bonchev–Trinajstić information content (AvgIpc) is 2.63. The van der Waals surface area contributed by atoms with Crippen LogP contribution in [0.25, 0.3) is 0 Å². The molecule has 7 atom stereocenters. The molecule has 1 saturated heterocycles. The Kier molecular flexibility index (Phi) is 6.08. The van der Waals surface area contributed by atoms with Gasteiger partial charge in [-0.3, -0.25) is 4.79 Å². The predicted octanol–water partition coefficient (Wildman–Crippen LogP) is 5.77. The van der Waals surface area contributed by atoms with Gasteiger partial charge < -0.3 is 5.11 Å². The van der Waals surface area contributed by atoms with E-state index in [4.69, 9.17) is 9.78 Å². The quantitative estimate of drug-likeness (QED) is 0.488. The molecule has 0 aromatic rings. The number of carboxylic acid groups (broad SMARTS) is 1. The largest absolute Gasteiger partial charge is 0.481 e. The van der Waals surface area contributed by atoms with Crippen molar-refractivity contribution >= 4 is 5.97 Å². The van der Waals surface area contributed by atoms with Gasteiger partial charge >= 0.3 is 5.97 Å². The summed E-state index contributed by atoms with van der Waals surface area (Å²) in [6, 6.07) is 0. The number of hydrogen-bond acceptors (Lipinski definition) is 3. The van der Waals surface area contributed by atoms with Crippen molar-refractivity contribution in [1.82, 2.24) is 0 Å². The number of allylic oxidation sites excluding steroid dienone is 1. The fourth-order valence-electron chi connectivity index (χ4n) is 5.92. The molecule has 0 spiro atoms. The summed E-state index contributed by atoms with van der Waals surface area (Å²) in [7, 11) is 0. The van der Waals surface area contributed by atoms with E-state index in [-0.39, 0.29) is 11.7 Å². The van der Waals surface area contributed by atoms with Crippen molar-refractivity contribution in [2.75, 3.05) is 0 Å². The van der Waals surface area contributed by atoms with Crippen molar-refractivity contribution in [3.8, 4) is 0 Å². The fraction of sp³-hybridized carbons (Fsp3) is 0.870. The highest BCUT2D eigenvalue weighted by atomic mass is 17.2. The van der Waals surface area contributed by atoms with Crippen LogP contribution in [0.15, 0.2) is 12.2 Å². The van der Waals surface area contributed by atoms with Gasteiger partial charge in [-0.2, -0.15) is 0 Å². The molecule has 2 saturated carbocycles. The molecule has 3 fully saturated rings. The van der Waals surface area contributed by atoms with Crippen molar-refractivity contribution in [3.63, 3.8) is 0 Å². The summed E-state index contributed by atoms with van der Waals surface area (Å²) in [4.78, 5) is 22.5. The van der Waals surface area contributed by atoms with Gasteiger partial charge in [-0.1, -0.05) is 26.0 Å². The zero-order valence-electron chi connectivity index (χ0n) is 17.6. The fourth-order valence-corrected chi connectivity index (χ4v) is 5.92. The summed E-state index contributed by atoms with van der Waals surface area (Å²) in [6.07, 6.45) is 9.82. The second kappa shape index (κ2) is 7.87. The van der Waals surface area contributed by atoms with E-state index in [2.05, 4.69) is 27.4 Å². The zero-order chi connectivity index (χ0) is 19.8. The Bertz CT molecular complexity index is 563. The molecule has 2 aliphatic carbocycles. The molecular weight excluding hydrogens is 340 g/mol. The normalized spacial score (nSPS) is 43.8. The number of carboxylic acids is 1. The van der Waals surface area contributed by atoms with Crippen LogP contribution in [0.1, 0.15) is 85.5 Å². The first kappa shape index (κ1) is 20.9. The van der Waals surface area contributed by atoms with Gasteiger partial charge in [-0.25, -0.2) is 9.78 Å². The second-order valence-electron chi connectivity index (χ2n) is 10.1. The van der Waals surface area contributed by atoms with Gasteiger partial charge in [-0.15, -0.1) is 0 Å². The molecule has 1 aliphatic heterocycles.